The highest BCUT2D eigenvalue weighted by atomic mass is 16.5. The third-order valence-electron chi connectivity index (χ3n) is 3.03. The van der Waals surface area contributed by atoms with Crippen LogP contribution in [0.15, 0.2) is 30.3 Å². The van der Waals surface area contributed by atoms with E-state index >= 15 is 0 Å². The van der Waals surface area contributed by atoms with Crippen molar-refractivity contribution in [2.24, 2.45) is 0 Å². The monoisotopic (exact) mass is 290 g/mol. The minimum absolute atomic E-state index is 0.219. The second-order valence-electron chi connectivity index (χ2n) is 4.96. The van der Waals surface area contributed by atoms with Crippen molar-refractivity contribution in [2.75, 3.05) is 6.54 Å². The summed E-state index contributed by atoms with van der Waals surface area (Å²) in [6.45, 7) is 1.24. The van der Waals surface area contributed by atoms with Crippen molar-refractivity contribution < 1.29 is 19.1 Å². The van der Waals surface area contributed by atoms with Crippen molar-refractivity contribution in [1.82, 2.24) is 10.6 Å². The molecule has 0 spiro atoms. The van der Waals surface area contributed by atoms with Crippen LogP contribution in [0.25, 0.3) is 0 Å². The maximum atomic E-state index is 11.7. The van der Waals surface area contributed by atoms with Gasteiger partial charge in [0.05, 0.1) is 0 Å². The Balaban J connectivity index is 1.71. The Morgan fingerprint density at radius 2 is 1.90 bits per heavy atom. The molecular formula is C15H18N2O4. The standard InChI is InChI=1S/C15H18N2O4/c1-10(14(19)17-12-7-8-12)21-13(18)9-16-15(20)11-5-3-2-4-6-11/h2-6,10,12H,7-9H2,1H3,(H,16,20)(H,17,19)/t10-/m1/s1. The number of benzene rings is 1. The van der Waals surface area contributed by atoms with Gasteiger partial charge in [0.2, 0.25) is 0 Å². The summed E-state index contributed by atoms with van der Waals surface area (Å²) in [5.41, 5.74) is 0.463. The van der Waals surface area contributed by atoms with Gasteiger partial charge < -0.3 is 15.4 Å². The molecule has 1 aromatic carbocycles. The van der Waals surface area contributed by atoms with Crippen LogP contribution in [0.1, 0.15) is 30.1 Å². The van der Waals surface area contributed by atoms with Crippen LogP contribution in [0, 0.1) is 0 Å². The predicted octanol–water partition coefficient (Wildman–Crippen LogP) is 0.627. The summed E-state index contributed by atoms with van der Waals surface area (Å²) in [6, 6.07) is 8.77. The number of nitrogens with one attached hydrogen (secondary N) is 2. The average molecular weight is 290 g/mol. The molecule has 2 amide bonds. The molecule has 6 nitrogen and oxygen atoms in total. The first-order chi connectivity index (χ1) is 10.1. The Morgan fingerprint density at radius 1 is 1.24 bits per heavy atom. The topological polar surface area (TPSA) is 84.5 Å². The zero-order valence-electron chi connectivity index (χ0n) is 11.8. The molecule has 1 saturated carbocycles. The normalized spacial score (nSPS) is 14.9. The SMILES string of the molecule is C[C@@H](OC(=O)CNC(=O)c1ccccc1)C(=O)NC1CC1. The van der Waals surface area contributed by atoms with Crippen LogP contribution in [0.4, 0.5) is 0 Å². The molecule has 0 radical (unpaired) electrons. The number of hydrogen-bond donors (Lipinski definition) is 2. The van der Waals surface area contributed by atoms with Gasteiger partial charge in [-0.1, -0.05) is 18.2 Å². The van der Waals surface area contributed by atoms with E-state index in [9.17, 15) is 14.4 Å². The van der Waals surface area contributed by atoms with Gasteiger partial charge in [-0.15, -0.1) is 0 Å². The fourth-order valence-electron chi connectivity index (χ4n) is 1.68. The van der Waals surface area contributed by atoms with E-state index in [1.807, 2.05) is 0 Å². The maximum absolute atomic E-state index is 11.7. The summed E-state index contributed by atoms with van der Waals surface area (Å²) in [4.78, 5) is 34.9. The maximum Gasteiger partial charge on any atom is 0.326 e. The molecule has 112 valence electrons. The van der Waals surface area contributed by atoms with Gasteiger partial charge in [0.15, 0.2) is 6.10 Å². The van der Waals surface area contributed by atoms with Crippen LogP contribution in [0.2, 0.25) is 0 Å². The van der Waals surface area contributed by atoms with Crippen LogP contribution in [0.5, 0.6) is 0 Å². The molecule has 1 atom stereocenters. The molecule has 2 rings (SSSR count). The molecule has 1 fully saturated rings. The molecule has 1 aliphatic rings. The highest BCUT2D eigenvalue weighted by Crippen LogP contribution is 2.18. The molecule has 0 saturated heterocycles. The first-order valence-corrected chi connectivity index (χ1v) is 6.89. The summed E-state index contributed by atoms with van der Waals surface area (Å²) in [5.74, 6) is -1.31. The highest BCUT2D eigenvalue weighted by Gasteiger charge is 2.27. The first-order valence-electron chi connectivity index (χ1n) is 6.89. The van der Waals surface area contributed by atoms with Crippen molar-refractivity contribution in [3.63, 3.8) is 0 Å². The number of rotatable bonds is 6. The van der Waals surface area contributed by atoms with Crippen LogP contribution < -0.4 is 10.6 Å². The fourth-order valence-corrected chi connectivity index (χ4v) is 1.68. The van der Waals surface area contributed by atoms with E-state index in [0.717, 1.165) is 12.8 Å². The number of ether oxygens (including phenoxy) is 1. The van der Waals surface area contributed by atoms with Gasteiger partial charge in [0, 0.05) is 11.6 Å². The Bertz CT molecular complexity index is 526. The van der Waals surface area contributed by atoms with E-state index in [2.05, 4.69) is 10.6 Å². The van der Waals surface area contributed by atoms with Crippen LogP contribution in [-0.4, -0.2) is 36.5 Å². The van der Waals surface area contributed by atoms with E-state index in [-0.39, 0.29) is 24.4 Å². The Kier molecular flexibility index (Phi) is 4.92. The molecule has 6 heteroatoms. The van der Waals surface area contributed by atoms with E-state index in [0.29, 0.717) is 5.56 Å². The van der Waals surface area contributed by atoms with Gasteiger partial charge >= 0.3 is 5.97 Å². The van der Waals surface area contributed by atoms with Crippen LogP contribution >= 0.6 is 0 Å². The van der Waals surface area contributed by atoms with Gasteiger partial charge in [-0.05, 0) is 31.9 Å². The van der Waals surface area contributed by atoms with Gasteiger partial charge in [0.25, 0.3) is 11.8 Å². The van der Waals surface area contributed by atoms with E-state index in [1.54, 1.807) is 30.3 Å². The largest absolute Gasteiger partial charge is 0.451 e. The van der Waals surface area contributed by atoms with Gasteiger partial charge in [0.1, 0.15) is 6.54 Å². The van der Waals surface area contributed by atoms with Crippen molar-refractivity contribution >= 4 is 17.8 Å². The summed E-state index contributed by atoms with van der Waals surface area (Å²) < 4.78 is 4.96. The second kappa shape index (κ2) is 6.88. The number of hydrogen-bond acceptors (Lipinski definition) is 4. The van der Waals surface area contributed by atoms with Crippen molar-refractivity contribution in [3.05, 3.63) is 35.9 Å². The Hall–Kier alpha value is -2.37. The number of carbonyl (C=O) groups is 3. The van der Waals surface area contributed by atoms with E-state index in [1.165, 1.54) is 6.92 Å². The first kappa shape index (κ1) is 15.0. The highest BCUT2D eigenvalue weighted by molar-refractivity contribution is 5.96. The molecular weight excluding hydrogens is 272 g/mol. The predicted molar refractivity (Wildman–Crippen MR) is 75.5 cm³/mol. The minimum atomic E-state index is -0.855. The lowest BCUT2D eigenvalue weighted by molar-refractivity contribution is -0.153. The molecule has 21 heavy (non-hydrogen) atoms. The lowest BCUT2D eigenvalue weighted by atomic mass is 10.2. The zero-order chi connectivity index (χ0) is 15.2. The molecule has 2 N–H and O–H groups in total. The Labute approximate surface area is 122 Å². The lowest BCUT2D eigenvalue weighted by Crippen LogP contribution is -2.39. The molecule has 1 aromatic rings. The number of amides is 2. The van der Waals surface area contributed by atoms with Crippen LogP contribution in [-0.2, 0) is 14.3 Å². The van der Waals surface area contributed by atoms with E-state index < -0.39 is 12.1 Å². The molecule has 0 aliphatic heterocycles. The summed E-state index contributed by atoms with van der Waals surface area (Å²) in [5, 5.41) is 5.20. The third-order valence-corrected chi connectivity index (χ3v) is 3.03. The summed E-state index contributed by atoms with van der Waals surface area (Å²) >= 11 is 0. The van der Waals surface area contributed by atoms with Crippen molar-refractivity contribution in [3.8, 4) is 0 Å². The Morgan fingerprint density at radius 3 is 2.52 bits per heavy atom. The summed E-state index contributed by atoms with van der Waals surface area (Å²) in [6.07, 6.45) is 1.09. The average Bonchev–Trinajstić information content (AvgIpc) is 3.29. The third kappa shape index (κ3) is 4.91. The molecule has 0 unspecified atom stereocenters. The fraction of sp³-hybridized carbons (Fsp3) is 0.400. The molecule has 1 aliphatic carbocycles. The van der Waals surface area contributed by atoms with Crippen molar-refractivity contribution in [1.29, 1.82) is 0 Å². The van der Waals surface area contributed by atoms with Crippen molar-refractivity contribution in [2.45, 2.75) is 31.9 Å². The second-order valence-corrected chi connectivity index (χ2v) is 4.96. The lowest BCUT2D eigenvalue weighted by Gasteiger charge is -2.13. The molecule has 0 heterocycles. The molecule has 0 aromatic heterocycles. The number of esters is 1. The van der Waals surface area contributed by atoms with Gasteiger partial charge in [-0.3, -0.25) is 14.4 Å². The van der Waals surface area contributed by atoms with E-state index in [4.69, 9.17) is 4.74 Å². The quantitative estimate of drug-likeness (QED) is 0.752. The van der Waals surface area contributed by atoms with Crippen LogP contribution in [0.3, 0.4) is 0 Å². The van der Waals surface area contributed by atoms with Gasteiger partial charge in [-0.2, -0.15) is 0 Å². The number of carbonyl (C=O) groups excluding carboxylic acids is 3. The molecule has 0 bridgehead atoms. The smallest absolute Gasteiger partial charge is 0.326 e. The van der Waals surface area contributed by atoms with Gasteiger partial charge in [-0.25, -0.2) is 0 Å². The summed E-state index contributed by atoms with van der Waals surface area (Å²) in [7, 11) is 0. The minimum Gasteiger partial charge on any atom is -0.451 e. The zero-order valence-corrected chi connectivity index (χ0v) is 11.8.